The van der Waals surface area contributed by atoms with Gasteiger partial charge in [0.25, 0.3) is 0 Å². The molecule has 2 rings (SSSR count). The Balaban J connectivity index is 2.11. The van der Waals surface area contributed by atoms with Crippen molar-refractivity contribution in [3.63, 3.8) is 0 Å². The van der Waals surface area contributed by atoms with Crippen LogP contribution < -0.4 is 10.6 Å². The lowest BCUT2D eigenvalue weighted by Crippen LogP contribution is -2.42. The molecular weight excluding hydrogens is 305 g/mol. The highest BCUT2D eigenvalue weighted by Gasteiger charge is 2.34. The van der Waals surface area contributed by atoms with Crippen LogP contribution in [0.1, 0.15) is 17.5 Å². The van der Waals surface area contributed by atoms with E-state index in [1.807, 2.05) is 30.3 Å². The molecule has 0 spiro atoms. The lowest BCUT2D eigenvalue weighted by atomic mass is 10.1. The van der Waals surface area contributed by atoms with Gasteiger partial charge in [-0.2, -0.15) is 13.2 Å². The van der Waals surface area contributed by atoms with Crippen molar-refractivity contribution >= 4 is 0 Å². The van der Waals surface area contributed by atoms with Gasteiger partial charge in [0, 0.05) is 13.5 Å². The fourth-order valence-electron chi connectivity index (χ4n) is 2.23. The van der Waals surface area contributed by atoms with Gasteiger partial charge in [0.05, 0.1) is 5.56 Å². The number of alkyl halides is 3. The summed E-state index contributed by atoms with van der Waals surface area (Å²) in [5.41, 5.74) is 0.276. The Morgan fingerprint density at radius 3 is 2.26 bits per heavy atom. The maximum atomic E-state index is 13.0. The highest BCUT2D eigenvalue weighted by molar-refractivity contribution is 5.35. The molecule has 0 heterocycles. The summed E-state index contributed by atoms with van der Waals surface area (Å²) in [6, 6.07) is 14.8. The Labute approximate surface area is 133 Å². The van der Waals surface area contributed by atoms with Gasteiger partial charge in [0.15, 0.2) is 6.23 Å². The molecule has 0 bridgehead atoms. The summed E-state index contributed by atoms with van der Waals surface area (Å²) in [4.78, 5) is 0. The van der Waals surface area contributed by atoms with E-state index in [-0.39, 0.29) is 5.75 Å². The smallest absolute Gasteiger partial charge is 0.419 e. The summed E-state index contributed by atoms with van der Waals surface area (Å²) in [5, 5.41) is 1.29. The number of halogens is 3. The largest absolute Gasteiger partial charge is 0.473 e. The number of hydrogen-bond acceptors (Lipinski definition) is 3. The Bertz CT molecular complexity index is 615. The van der Waals surface area contributed by atoms with E-state index in [0.29, 0.717) is 12.8 Å². The van der Waals surface area contributed by atoms with Crippen molar-refractivity contribution in [2.75, 3.05) is 7.05 Å². The fourth-order valence-corrected chi connectivity index (χ4v) is 2.23. The first-order chi connectivity index (χ1) is 10.9. The van der Waals surface area contributed by atoms with Crippen LogP contribution >= 0.6 is 0 Å². The normalized spacial score (nSPS) is 13.1. The monoisotopic (exact) mass is 324 g/mol. The Hall–Kier alpha value is -2.05. The molecule has 124 valence electrons. The third-order valence-corrected chi connectivity index (χ3v) is 3.43. The number of hydrogen-bond donors (Lipinski definition) is 1. The molecule has 0 aliphatic heterocycles. The highest BCUT2D eigenvalue weighted by Crippen LogP contribution is 2.36. The third kappa shape index (κ3) is 4.97. The topological polar surface area (TPSA) is 38.5 Å². The van der Waals surface area contributed by atoms with Crippen LogP contribution in [0.25, 0.3) is 0 Å². The molecule has 2 N–H and O–H groups in total. The van der Waals surface area contributed by atoms with Gasteiger partial charge in [-0.15, -0.1) is 0 Å². The lowest BCUT2D eigenvalue weighted by Gasteiger charge is -2.26. The van der Waals surface area contributed by atoms with Crippen molar-refractivity contribution < 1.29 is 17.9 Å². The molecule has 2 aromatic carbocycles. The molecular formula is C17H19F3N2O. The number of benzene rings is 2. The van der Waals surface area contributed by atoms with E-state index >= 15 is 0 Å². The zero-order chi connectivity index (χ0) is 16.9. The SMILES string of the molecule is CN(N)C(CCc1ccccc1)Oc1ccccc1C(F)(F)F. The molecule has 0 aliphatic rings. The second-order valence-electron chi connectivity index (χ2n) is 5.26. The van der Waals surface area contributed by atoms with Gasteiger partial charge in [-0.05, 0) is 24.1 Å². The number of rotatable bonds is 6. The van der Waals surface area contributed by atoms with Crippen molar-refractivity contribution in [3.8, 4) is 5.75 Å². The van der Waals surface area contributed by atoms with Crippen LogP contribution in [-0.2, 0) is 12.6 Å². The summed E-state index contributed by atoms with van der Waals surface area (Å²) in [5.74, 6) is 5.52. The number of nitrogens with two attached hydrogens (primary N) is 1. The van der Waals surface area contributed by atoms with Crippen molar-refractivity contribution in [2.24, 2.45) is 5.84 Å². The second-order valence-corrected chi connectivity index (χ2v) is 5.26. The minimum Gasteiger partial charge on any atom is -0.473 e. The maximum Gasteiger partial charge on any atom is 0.419 e. The van der Waals surface area contributed by atoms with Crippen LogP contribution in [-0.4, -0.2) is 18.3 Å². The van der Waals surface area contributed by atoms with E-state index in [4.69, 9.17) is 10.6 Å². The molecule has 1 atom stereocenters. The van der Waals surface area contributed by atoms with Crippen LogP contribution in [0, 0.1) is 0 Å². The number of nitrogens with zero attached hydrogens (tertiary/aromatic N) is 1. The average Bonchev–Trinajstić information content (AvgIpc) is 2.51. The summed E-state index contributed by atoms with van der Waals surface area (Å²) in [6.45, 7) is 0. The fraction of sp³-hybridized carbons (Fsp3) is 0.294. The first-order valence-corrected chi connectivity index (χ1v) is 7.22. The number of aryl methyl sites for hydroxylation is 1. The molecule has 0 radical (unpaired) electrons. The van der Waals surface area contributed by atoms with E-state index in [1.165, 1.54) is 23.2 Å². The Kier molecular flexibility index (Phi) is 5.63. The van der Waals surface area contributed by atoms with Crippen molar-refractivity contribution in [2.45, 2.75) is 25.2 Å². The summed E-state index contributed by atoms with van der Waals surface area (Å²) in [7, 11) is 1.58. The minimum absolute atomic E-state index is 0.213. The van der Waals surface area contributed by atoms with Crippen LogP contribution in [0.2, 0.25) is 0 Å². The first kappa shape index (κ1) is 17.3. The van der Waals surface area contributed by atoms with Gasteiger partial charge in [0.1, 0.15) is 5.75 Å². The predicted molar refractivity (Wildman–Crippen MR) is 82.6 cm³/mol. The molecule has 6 heteroatoms. The highest BCUT2D eigenvalue weighted by atomic mass is 19.4. The van der Waals surface area contributed by atoms with Crippen molar-refractivity contribution in [3.05, 3.63) is 65.7 Å². The van der Waals surface area contributed by atoms with Crippen LogP contribution in [0.15, 0.2) is 54.6 Å². The van der Waals surface area contributed by atoms with E-state index in [9.17, 15) is 13.2 Å². The van der Waals surface area contributed by atoms with Crippen LogP contribution in [0.5, 0.6) is 5.75 Å². The molecule has 0 amide bonds. The maximum absolute atomic E-state index is 13.0. The van der Waals surface area contributed by atoms with E-state index in [0.717, 1.165) is 11.6 Å². The van der Waals surface area contributed by atoms with Crippen LogP contribution in [0.3, 0.4) is 0 Å². The van der Waals surface area contributed by atoms with Gasteiger partial charge < -0.3 is 4.74 Å². The zero-order valence-electron chi connectivity index (χ0n) is 12.8. The standard InChI is InChI=1S/C17H19F3N2O/c1-22(21)16(12-11-13-7-3-2-4-8-13)23-15-10-6-5-9-14(15)17(18,19)20/h2-10,16H,11-12,21H2,1H3. The zero-order valence-corrected chi connectivity index (χ0v) is 12.8. The second kappa shape index (κ2) is 7.48. The van der Waals surface area contributed by atoms with Crippen molar-refractivity contribution in [1.29, 1.82) is 0 Å². The number of ether oxygens (including phenoxy) is 1. The lowest BCUT2D eigenvalue weighted by molar-refractivity contribution is -0.140. The van der Waals surface area contributed by atoms with E-state index in [1.54, 1.807) is 7.05 Å². The summed E-state index contributed by atoms with van der Waals surface area (Å²) < 4.78 is 44.6. The molecule has 0 aliphatic carbocycles. The number of hydrazine groups is 1. The third-order valence-electron chi connectivity index (χ3n) is 3.43. The van der Waals surface area contributed by atoms with Gasteiger partial charge in [0.2, 0.25) is 0 Å². The van der Waals surface area contributed by atoms with E-state index < -0.39 is 18.0 Å². The summed E-state index contributed by atoms with van der Waals surface area (Å²) >= 11 is 0. The molecule has 0 fully saturated rings. The molecule has 2 aromatic rings. The molecule has 0 saturated heterocycles. The molecule has 23 heavy (non-hydrogen) atoms. The summed E-state index contributed by atoms with van der Waals surface area (Å²) in [6.07, 6.45) is -3.99. The van der Waals surface area contributed by atoms with Gasteiger partial charge >= 0.3 is 6.18 Å². The van der Waals surface area contributed by atoms with Gasteiger partial charge in [-0.3, -0.25) is 5.84 Å². The van der Waals surface area contributed by atoms with Crippen LogP contribution in [0.4, 0.5) is 13.2 Å². The average molecular weight is 324 g/mol. The molecule has 1 unspecified atom stereocenters. The first-order valence-electron chi connectivity index (χ1n) is 7.22. The van der Waals surface area contributed by atoms with Crippen molar-refractivity contribution in [1.82, 2.24) is 5.01 Å². The minimum atomic E-state index is -4.46. The van der Waals surface area contributed by atoms with Gasteiger partial charge in [-0.1, -0.05) is 42.5 Å². The Morgan fingerprint density at radius 2 is 1.65 bits per heavy atom. The molecule has 3 nitrogen and oxygen atoms in total. The van der Waals surface area contributed by atoms with Gasteiger partial charge in [-0.25, -0.2) is 5.01 Å². The number of para-hydroxylation sites is 1. The molecule has 0 saturated carbocycles. The van der Waals surface area contributed by atoms with E-state index in [2.05, 4.69) is 0 Å². The Morgan fingerprint density at radius 1 is 1.04 bits per heavy atom. The molecule has 0 aromatic heterocycles. The predicted octanol–water partition coefficient (Wildman–Crippen LogP) is 3.85. The quantitative estimate of drug-likeness (QED) is 0.498.